The number of hydrogen-bond donors (Lipinski definition) is 1. The summed E-state index contributed by atoms with van der Waals surface area (Å²) >= 11 is 0. The van der Waals surface area contributed by atoms with Crippen LogP contribution in [0.5, 0.6) is 0 Å². The van der Waals surface area contributed by atoms with Crippen LogP contribution in [0.4, 0.5) is 23.8 Å². The summed E-state index contributed by atoms with van der Waals surface area (Å²) in [5.74, 6) is -0.115. The Hall–Kier alpha value is -2.25. The molecule has 102 valence electrons. The molecule has 0 fully saturated rings. The lowest BCUT2D eigenvalue weighted by Gasteiger charge is -2.10. The van der Waals surface area contributed by atoms with Gasteiger partial charge in [0.1, 0.15) is 0 Å². The Labute approximate surface area is 106 Å². The predicted molar refractivity (Wildman–Crippen MR) is 63.6 cm³/mol. The zero-order valence-electron chi connectivity index (χ0n) is 10.2. The second-order valence-corrected chi connectivity index (χ2v) is 4.20. The molecule has 1 aromatic heterocycles. The normalized spacial score (nSPS) is 11.8. The van der Waals surface area contributed by atoms with Crippen molar-refractivity contribution in [2.24, 2.45) is 0 Å². The van der Waals surface area contributed by atoms with Gasteiger partial charge in [-0.3, -0.25) is 0 Å². The van der Waals surface area contributed by atoms with Crippen molar-refractivity contribution in [3.63, 3.8) is 0 Å². The Bertz CT molecular complexity index is 645. The molecule has 0 saturated carbocycles. The zero-order chi connectivity index (χ0) is 14.4. The number of fused-ring (bicyclic) bond motifs is 1. The number of halogens is 3. The van der Waals surface area contributed by atoms with Gasteiger partial charge in [-0.25, -0.2) is 4.79 Å². The molecule has 5 nitrogen and oxygen atoms in total. The standard InChI is InChI=1S/C11H11F3N4O/c1-17(2)10(19)18-8-4-3-6(11(12,13)14)5-7(8)9(15)16-18/h3-5H,1-2H3,(H2,15,16). The smallest absolute Gasteiger partial charge is 0.382 e. The summed E-state index contributed by atoms with van der Waals surface area (Å²) in [5.41, 5.74) is 4.97. The van der Waals surface area contributed by atoms with Gasteiger partial charge >= 0.3 is 12.2 Å². The van der Waals surface area contributed by atoms with Crippen molar-refractivity contribution in [2.75, 3.05) is 19.8 Å². The van der Waals surface area contributed by atoms with Crippen LogP contribution in [-0.4, -0.2) is 34.8 Å². The molecule has 0 aliphatic rings. The topological polar surface area (TPSA) is 64.2 Å². The van der Waals surface area contributed by atoms with Gasteiger partial charge in [0.2, 0.25) is 0 Å². The van der Waals surface area contributed by atoms with Crippen LogP contribution in [0.3, 0.4) is 0 Å². The number of aromatic nitrogens is 2. The molecular weight excluding hydrogens is 261 g/mol. The fourth-order valence-electron chi connectivity index (χ4n) is 1.65. The second kappa shape index (κ2) is 4.15. The van der Waals surface area contributed by atoms with E-state index in [1.165, 1.54) is 25.1 Å². The van der Waals surface area contributed by atoms with Crippen molar-refractivity contribution < 1.29 is 18.0 Å². The molecule has 1 aromatic carbocycles. The van der Waals surface area contributed by atoms with E-state index in [1.807, 2.05) is 0 Å². The molecule has 8 heteroatoms. The molecule has 0 saturated heterocycles. The minimum atomic E-state index is -4.46. The molecule has 0 unspecified atom stereocenters. The molecular formula is C11H11F3N4O. The molecule has 0 radical (unpaired) electrons. The van der Waals surface area contributed by atoms with Crippen molar-refractivity contribution in [3.05, 3.63) is 23.8 Å². The molecule has 0 atom stereocenters. The predicted octanol–water partition coefficient (Wildman–Crippen LogP) is 2.17. The number of alkyl halides is 3. The highest BCUT2D eigenvalue weighted by molar-refractivity contribution is 5.96. The zero-order valence-corrected chi connectivity index (χ0v) is 10.2. The van der Waals surface area contributed by atoms with Gasteiger partial charge in [-0.05, 0) is 18.2 Å². The van der Waals surface area contributed by atoms with Crippen LogP contribution in [0.25, 0.3) is 10.9 Å². The lowest BCUT2D eigenvalue weighted by Crippen LogP contribution is -2.28. The number of nitrogens with two attached hydrogens (primary N) is 1. The molecule has 2 rings (SSSR count). The number of carbonyl (C=O) groups excluding carboxylic acids is 1. The minimum absolute atomic E-state index is 0.102. The Balaban J connectivity index is 2.65. The van der Waals surface area contributed by atoms with E-state index in [2.05, 4.69) is 5.10 Å². The number of amides is 1. The SMILES string of the molecule is CN(C)C(=O)n1nc(N)c2cc(C(F)(F)F)ccc21. The van der Waals surface area contributed by atoms with Gasteiger partial charge in [-0.15, -0.1) is 5.10 Å². The first-order valence-corrected chi connectivity index (χ1v) is 5.29. The molecule has 2 aromatic rings. The van der Waals surface area contributed by atoms with Crippen molar-refractivity contribution >= 4 is 22.8 Å². The largest absolute Gasteiger partial charge is 0.416 e. The van der Waals surface area contributed by atoms with Gasteiger partial charge in [0.05, 0.1) is 11.1 Å². The molecule has 2 N–H and O–H groups in total. The highest BCUT2D eigenvalue weighted by Crippen LogP contribution is 2.32. The van der Waals surface area contributed by atoms with Gasteiger partial charge in [-0.1, -0.05) is 0 Å². The monoisotopic (exact) mass is 272 g/mol. The summed E-state index contributed by atoms with van der Waals surface area (Å²) in [5, 5.41) is 3.87. The van der Waals surface area contributed by atoms with E-state index in [4.69, 9.17) is 5.73 Å². The molecule has 0 spiro atoms. The van der Waals surface area contributed by atoms with Gasteiger partial charge in [0.15, 0.2) is 5.82 Å². The Morgan fingerprint density at radius 3 is 2.53 bits per heavy atom. The maximum atomic E-state index is 12.6. The number of benzene rings is 1. The molecule has 19 heavy (non-hydrogen) atoms. The maximum absolute atomic E-state index is 12.6. The maximum Gasteiger partial charge on any atom is 0.416 e. The van der Waals surface area contributed by atoms with Crippen LogP contribution < -0.4 is 5.73 Å². The Morgan fingerprint density at radius 2 is 2.00 bits per heavy atom. The quantitative estimate of drug-likeness (QED) is 0.799. The third-order valence-electron chi connectivity index (χ3n) is 2.60. The second-order valence-electron chi connectivity index (χ2n) is 4.20. The van der Waals surface area contributed by atoms with E-state index in [0.29, 0.717) is 0 Å². The molecule has 0 aliphatic heterocycles. The number of nitrogen functional groups attached to an aromatic ring is 1. The minimum Gasteiger partial charge on any atom is -0.382 e. The van der Waals surface area contributed by atoms with E-state index in [1.54, 1.807) is 0 Å². The van der Waals surface area contributed by atoms with E-state index in [0.717, 1.165) is 16.8 Å². The van der Waals surface area contributed by atoms with E-state index in [9.17, 15) is 18.0 Å². The highest BCUT2D eigenvalue weighted by Gasteiger charge is 2.31. The first-order valence-electron chi connectivity index (χ1n) is 5.29. The van der Waals surface area contributed by atoms with Crippen LogP contribution in [-0.2, 0) is 6.18 Å². The van der Waals surface area contributed by atoms with Crippen molar-refractivity contribution in [1.82, 2.24) is 14.7 Å². The summed E-state index contributed by atoms with van der Waals surface area (Å²) in [6.07, 6.45) is -4.46. The van der Waals surface area contributed by atoms with Gasteiger partial charge in [-0.2, -0.15) is 17.9 Å². The van der Waals surface area contributed by atoms with Gasteiger partial charge in [0.25, 0.3) is 0 Å². The fourth-order valence-corrected chi connectivity index (χ4v) is 1.65. The first-order chi connectivity index (χ1) is 8.71. The van der Waals surface area contributed by atoms with E-state index in [-0.39, 0.29) is 16.7 Å². The summed E-state index contributed by atoms with van der Waals surface area (Å²) in [4.78, 5) is 13.1. The number of carbonyl (C=O) groups is 1. The highest BCUT2D eigenvalue weighted by atomic mass is 19.4. The summed E-state index contributed by atoms with van der Waals surface area (Å²) in [7, 11) is 3.02. The third kappa shape index (κ3) is 2.20. The average molecular weight is 272 g/mol. The summed E-state index contributed by atoms with van der Waals surface area (Å²) in [6, 6.07) is 2.48. The molecule has 0 aliphatic carbocycles. The molecule has 1 amide bonds. The van der Waals surface area contributed by atoms with Crippen LogP contribution in [0.1, 0.15) is 5.56 Å². The molecule has 1 heterocycles. The Kier molecular flexibility index (Phi) is 2.88. The van der Waals surface area contributed by atoms with Gasteiger partial charge < -0.3 is 10.6 Å². The number of nitrogens with zero attached hydrogens (tertiary/aromatic N) is 3. The lowest BCUT2D eigenvalue weighted by molar-refractivity contribution is -0.137. The number of anilines is 1. The fraction of sp³-hybridized carbons (Fsp3) is 0.273. The van der Waals surface area contributed by atoms with Crippen LogP contribution in [0.2, 0.25) is 0 Å². The van der Waals surface area contributed by atoms with Crippen LogP contribution in [0, 0.1) is 0 Å². The van der Waals surface area contributed by atoms with E-state index < -0.39 is 17.8 Å². The average Bonchev–Trinajstić information content (AvgIpc) is 2.64. The van der Waals surface area contributed by atoms with Crippen molar-refractivity contribution in [1.29, 1.82) is 0 Å². The molecule has 0 bridgehead atoms. The number of hydrogen-bond acceptors (Lipinski definition) is 3. The summed E-state index contributed by atoms with van der Waals surface area (Å²) in [6.45, 7) is 0. The van der Waals surface area contributed by atoms with Gasteiger partial charge in [0, 0.05) is 19.5 Å². The van der Waals surface area contributed by atoms with Crippen molar-refractivity contribution in [3.8, 4) is 0 Å². The van der Waals surface area contributed by atoms with Crippen LogP contribution in [0.15, 0.2) is 18.2 Å². The van der Waals surface area contributed by atoms with E-state index >= 15 is 0 Å². The Morgan fingerprint density at radius 1 is 1.37 bits per heavy atom. The van der Waals surface area contributed by atoms with Crippen molar-refractivity contribution in [2.45, 2.75) is 6.18 Å². The summed E-state index contributed by atoms with van der Waals surface area (Å²) < 4.78 is 38.8. The van der Waals surface area contributed by atoms with Crippen LogP contribution >= 0.6 is 0 Å². The number of rotatable bonds is 0. The third-order valence-corrected chi connectivity index (χ3v) is 2.60. The first kappa shape index (κ1) is 13.2. The lowest BCUT2D eigenvalue weighted by atomic mass is 10.1.